The number of nitrogens with one attached hydrogen (secondary N) is 1. The summed E-state index contributed by atoms with van der Waals surface area (Å²) in [5, 5.41) is 3.68. The van der Waals surface area contributed by atoms with E-state index in [1.165, 1.54) is 36.1 Å². The van der Waals surface area contributed by atoms with Crippen LogP contribution in [0.2, 0.25) is 0 Å². The molecule has 0 aromatic heterocycles. The van der Waals surface area contributed by atoms with Gasteiger partial charge in [0.15, 0.2) is 0 Å². The molecule has 0 saturated carbocycles. The van der Waals surface area contributed by atoms with Crippen molar-refractivity contribution in [1.82, 2.24) is 5.32 Å². The lowest BCUT2D eigenvalue weighted by atomic mass is 9.90. The van der Waals surface area contributed by atoms with E-state index in [-0.39, 0.29) is 5.54 Å². The molecule has 0 aliphatic carbocycles. The zero-order chi connectivity index (χ0) is 13.2. The Morgan fingerprint density at radius 1 is 1.17 bits per heavy atom. The van der Waals surface area contributed by atoms with E-state index in [1.807, 2.05) is 0 Å². The van der Waals surface area contributed by atoms with Gasteiger partial charge in [0.1, 0.15) is 0 Å². The van der Waals surface area contributed by atoms with Crippen LogP contribution in [0.15, 0.2) is 18.2 Å². The fourth-order valence-corrected chi connectivity index (χ4v) is 3.04. The largest absolute Gasteiger partial charge is 0.373 e. The van der Waals surface area contributed by atoms with Gasteiger partial charge in [-0.2, -0.15) is 0 Å². The van der Waals surface area contributed by atoms with Gasteiger partial charge in [-0.25, -0.2) is 0 Å². The minimum atomic E-state index is 0.269. The molecule has 2 heteroatoms. The Labute approximate surface area is 111 Å². The summed E-state index contributed by atoms with van der Waals surface area (Å²) < 4.78 is 0. The summed E-state index contributed by atoms with van der Waals surface area (Å²) in [5.41, 5.74) is 4.29. The van der Waals surface area contributed by atoms with E-state index < -0.39 is 0 Å². The summed E-state index contributed by atoms with van der Waals surface area (Å²) in [6, 6.07) is 6.79. The SMILES string of the molecule is Cc1cc(C)cc(N(C)CC2(C)CCCCN2)c1. The molecule has 1 aromatic carbocycles. The van der Waals surface area contributed by atoms with Crippen molar-refractivity contribution in [3.05, 3.63) is 29.3 Å². The van der Waals surface area contributed by atoms with Crippen molar-refractivity contribution in [2.75, 3.05) is 25.0 Å². The number of likely N-dealkylation sites (N-methyl/N-ethyl adjacent to an activating group) is 1. The first-order chi connectivity index (χ1) is 8.48. The van der Waals surface area contributed by atoms with Gasteiger partial charge >= 0.3 is 0 Å². The molecule has 1 aliphatic heterocycles. The van der Waals surface area contributed by atoms with Crippen LogP contribution in [-0.4, -0.2) is 25.7 Å². The van der Waals surface area contributed by atoms with Gasteiger partial charge in [-0.3, -0.25) is 0 Å². The normalized spacial score (nSPS) is 24.0. The van der Waals surface area contributed by atoms with Gasteiger partial charge < -0.3 is 10.2 Å². The van der Waals surface area contributed by atoms with Gasteiger partial charge in [0.05, 0.1) is 0 Å². The van der Waals surface area contributed by atoms with Crippen LogP contribution in [0.25, 0.3) is 0 Å². The van der Waals surface area contributed by atoms with Crippen molar-refractivity contribution < 1.29 is 0 Å². The topological polar surface area (TPSA) is 15.3 Å². The first-order valence-corrected chi connectivity index (χ1v) is 7.03. The molecule has 1 aromatic rings. The zero-order valence-electron chi connectivity index (χ0n) is 12.2. The second kappa shape index (κ2) is 5.31. The highest BCUT2D eigenvalue weighted by molar-refractivity contribution is 5.50. The third kappa shape index (κ3) is 3.26. The van der Waals surface area contributed by atoms with Crippen LogP contribution in [0.3, 0.4) is 0 Å². The Morgan fingerprint density at radius 2 is 1.83 bits per heavy atom. The fraction of sp³-hybridized carbons (Fsp3) is 0.625. The Bertz CT molecular complexity index is 385. The molecule has 1 fully saturated rings. The fourth-order valence-electron chi connectivity index (χ4n) is 3.04. The highest BCUT2D eigenvalue weighted by Crippen LogP contribution is 2.23. The lowest BCUT2D eigenvalue weighted by Gasteiger charge is -2.39. The van der Waals surface area contributed by atoms with Crippen molar-refractivity contribution in [3.63, 3.8) is 0 Å². The Hall–Kier alpha value is -1.02. The standard InChI is InChI=1S/C16H26N2/c1-13-9-14(2)11-15(10-13)18(4)12-16(3)7-5-6-8-17-16/h9-11,17H,5-8,12H2,1-4H3. The number of anilines is 1. The van der Waals surface area contributed by atoms with Crippen molar-refractivity contribution in [2.45, 2.75) is 45.6 Å². The van der Waals surface area contributed by atoms with Crippen molar-refractivity contribution >= 4 is 5.69 Å². The molecule has 0 radical (unpaired) electrons. The van der Waals surface area contributed by atoms with E-state index in [0.717, 1.165) is 13.1 Å². The van der Waals surface area contributed by atoms with Crippen LogP contribution < -0.4 is 10.2 Å². The van der Waals surface area contributed by atoms with Crippen molar-refractivity contribution in [1.29, 1.82) is 0 Å². The quantitative estimate of drug-likeness (QED) is 0.880. The predicted molar refractivity (Wildman–Crippen MR) is 79.4 cm³/mol. The molecule has 1 atom stereocenters. The molecule has 1 aliphatic rings. The van der Waals surface area contributed by atoms with Crippen molar-refractivity contribution in [3.8, 4) is 0 Å². The molecular formula is C16H26N2. The van der Waals surface area contributed by atoms with E-state index in [9.17, 15) is 0 Å². The molecular weight excluding hydrogens is 220 g/mol. The van der Waals surface area contributed by atoms with Crippen LogP contribution in [0.5, 0.6) is 0 Å². The molecule has 0 bridgehead atoms. The van der Waals surface area contributed by atoms with Gasteiger partial charge in [0.2, 0.25) is 0 Å². The zero-order valence-corrected chi connectivity index (χ0v) is 12.2. The molecule has 2 rings (SSSR count). The Kier molecular flexibility index (Phi) is 3.96. The van der Waals surface area contributed by atoms with Gasteiger partial charge in [0, 0.05) is 24.8 Å². The summed E-state index contributed by atoms with van der Waals surface area (Å²) in [7, 11) is 2.20. The number of hydrogen-bond donors (Lipinski definition) is 1. The maximum Gasteiger partial charge on any atom is 0.0369 e. The minimum Gasteiger partial charge on any atom is -0.373 e. The summed E-state index contributed by atoms with van der Waals surface area (Å²) >= 11 is 0. The second-order valence-electron chi connectivity index (χ2n) is 6.15. The predicted octanol–water partition coefficient (Wildman–Crippen LogP) is 3.27. The molecule has 0 amide bonds. The van der Waals surface area contributed by atoms with Crippen LogP contribution in [-0.2, 0) is 0 Å². The third-order valence-corrected chi connectivity index (χ3v) is 3.94. The molecule has 100 valence electrons. The molecule has 2 nitrogen and oxygen atoms in total. The molecule has 18 heavy (non-hydrogen) atoms. The van der Waals surface area contributed by atoms with Crippen LogP contribution >= 0.6 is 0 Å². The summed E-state index contributed by atoms with van der Waals surface area (Å²) in [5.74, 6) is 0. The minimum absolute atomic E-state index is 0.269. The number of rotatable bonds is 3. The number of nitrogens with zero attached hydrogens (tertiary/aromatic N) is 1. The van der Waals surface area contributed by atoms with Crippen LogP contribution in [0.4, 0.5) is 5.69 Å². The average Bonchev–Trinajstić information content (AvgIpc) is 2.28. The summed E-state index contributed by atoms with van der Waals surface area (Å²) in [6.45, 7) is 8.94. The average molecular weight is 246 g/mol. The van der Waals surface area contributed by atoms with Gasteiger partial charge in [0.25, 0.3) is 0 Å². The van der Waals surface area contributed by atoms with Gasteiger partial charge in [-0.05, 0) is 63.4 Å². The lowest BCUT2D eigenvalue weighted by molar-refractivity contribution is 0.283. The van der Waals surface area contributed by atoms with E-state index >= 15 is 0 Å². The second-order valence-corrected chi connectivity index (χ2v) is 6.15. The van der Waals surface area contributed by atoms with Gasteiger partial charge in [-0.15, -0.1) is 0 Å². The first-order valence-electron chi connectivity index (χ1n) is 7.03. The monoisotopic (exact) mass is 246 g/mol. The van der Waals surface area contributed by atoms with Crippen molar-refractivity contribution in [2.24, 2.45) is 0 Å². The van der Waals surface area contributed by atoms with E-state index in [2.05, 4.69) is 56.2 Å². The van der Waals surface area contributed by atoms with Crippen LogP contribution in [0, 0.1) is 13.8 Å². The first kappa shape index (κ1) is 13.4. The number of hydrogen-bond acceptors (Lipinski definition) is 2. The Morgan fingerprint density at radius 3 is 2.39 bits per heavy atom. The summed E-state index contributed by atoms with van der Waals surface area (Å²) in [6.07, 6.45) is 3.95. The maximum absolute atomic E-state index is 3.68. The number of piperidine rings is 1. The van der Waals surface area contributed by atoms with E-state index in [4.69, 9.17) is 0 Å². The highest BCUT2D eigenvalue weighted by atomic mass is 15.2. The van der Waals surface area contributed by atoms with E-state index in [1.54, 1.807) is 0 Å². The molecule has 1 heterocycles. The molecule has 1 unspecified atom stereocenters. The molecule has 1 saturated heterocycles. The van der Waals surface area contributed by atoms with E-state index in [0.29, 0.717) is 0 Å². The number of benzene rings is 1. The smallest absolute Gasteiger partial charge is 0.0369 e. The van der Waals surface area contributed by atoms with Crippen LogP contribution in [0.1, 0.15) is 37.3 Å². The molecule has 1 N–H and O–H groups in total. The Balaban J connectivity index is 2.08. The lowest BCUT2D eigenvalue weighted by Crippen LogP contribution is -2.53. The summed E-state index contributed by atoms with van der Waals surface area (Å²) in [4.78, 5) is 2.39. The van der Waals surface area contributed by atoms with Gasteiger partial charge in [-0.1, -0.05) is 12.5 Å². The molecule has 0 spiro atoms. The third-order valence-electron chi connectivity index (χ3n) is 3.94. The highest BCUT2D eigenvalue weighted by Gasteiger charge is 2.27. The maximum atomic E-state index is 3.68. The number of aryl methyl sites for hydroxylation is 2.